The normalized spacial score (nSPS) is 21.2. The second kappa shape index (κ2) is 7.46. The van der Waals surface area contributed by atoms with Gasteiger partial charge in [-0.1, -0.05) is 13.8 Å². The van der Waals surface area contributed by atoms with E-state index in [1.165, 1.54) is 0 Å². The van der Waals surface area contributed by atoms with Crippen LogP contribution >= 0.6 is 8.58 Å². The quantitative estimate of drug-likeness (QED) is 0.694. The lowest BCUT2D eigenvalue weighted by molar-refractivity contribution is -0.123. The summed E-state index contributed by atoms with van der Waals surface area (Å²) in [4.78, 5) is 11.3. The maximum Gasteiger partial charge on any atom is 0.152 e. The number of rotatable bonds is 2. The van der Waals surface area contributed by atoms with Crippen molar-refractivity contribution in [3.8, 4) is 0 Å². The highest BCUT2D eigenvalue weighted by atomic mass is 31.1. The summed E-state index contributed by atoms with van der Waals surface area (Å²) in [6.07, 6.45) is 2.19. The van der Waals surface area contributed by atoms with E-state index in [9.17, 15) is 4.79 Å². The Labute approximate surface area is 83.6 Å². The Morgan fingerprint density at radius 1 is 1.46 bits per heavy atom. The lowest BCUT2D eigenvalue weighted by atomic mass is 10.0. The molecule has 2 nitrogen and oxygen atoms in total. The highest BCUT2D eigenvalue weighted by molar-refractivity contribution is 7.35. The van der Waals surface area contributed by atoms with E-state index in [0.29, 0.717) is 5.78 Å². The van der Waals surface area contributed by atoms with Crippen molar-refractivity contribution in [2.75, 3.05) is 19.9 Å². The molecule has 1 heterocycles. The van der Waals surface area contributed by atoms with Gasteiger partial charge in [0.05, 0.1) is 6.04 Å². The number of ketones is 1. The van der Waals surface area contributed by atoms with Crippen molar-refractivity contribution in [1.82, 2.24) is 5.32 Å². The summed E-state index contributed by atoms with van der Waals surface area (Å²) >= 11 is 0. The minimum atomic E-state index is 0.167. The van der Waals surface area contributed by atoms with Crippen LogP contribution in [0.2, 0.25) is 0 Å². The first-order chi connectivity index (χ1) is 6.13. The van der Waals surface area contributed by atoms with Gasteiger partial charge in [-0.25, -0.2) is 0 Å². The molecule has 1 atom stereocenters. The van der Waals surface area contributed by atoms with Gasteiger partial charge in [-0.05, 0) is 32.7 Å². The number of hydrogen-bond acceptors (Lipinski definition) is 2. The first kappa shape index (κ1) is 13.1. The van der Waals surface area contributed by atoms with E-state index >= 15 is 0 Å². The predicted molar refractivity (Wildman–Crippen MR) is 61.0 cm³/mol. The highest BCUT2D eigenvalue weighted by Crippen LogP contribution is 2.10. The van der Waals surface area contributed by atoms with Crippen LogP contribution in [-0.4, -0.2) is 31.7 Å². The van der Waals surface area contributed by atoms with Crippen LogP contribution in [0.25, 0.3) is 0 Å². The molecule has 1 aliphatic rings. The summed E-state index contributed by atoms with van der Waals surface area (Å²) in [5.41, 5.74) is 0. The SMILES string of the molecule is CC(C)C(=O)C1CCCN1.CPC. The minimum absolute atomic E-state index is 0.167. The van der Waals surface area contributed by atoms with Gasteiger partial charge in [-0.3, -0.25) is 4.79 Å². The molecule has 1 rings (SSSR count). The van der Waals surface area contributed by atoms with E-state index in [-0.39, 0.29) is 12.0 Å². The first-order valence-electron chi connectivity index (χ1n) is 4.99. The molecule has 3 heteroatoms. The summed E-state index contributed by atoms with van der Waals surface area (Å²) in [6.45, 7) is 9.24. The number of carbonyl (C=O) groups excluding carboxylic acids is 1. The van der Waals surface area contributed by atoms with E-state index in [4.69, 9.17) is 0 Å². The molecule has 1 N–H and O–H groups in total. The number of nitrogens with one attached hydrogen (secondary N) is 1. The maximum absolute atomic E-state index is 11.3. The summed E-state index contributed by atoms with van der Waals surface area (Å²) in [5.74, 6) is 0.563. The average molecular weight is 203 g/mol. The first-order valence-corrected chi connectivity index (χ1v) is 6.99. The second-order valence-corrected chi connectivity index (χ2v) is 4.71. The Morgan fingerprint density at radius 2 is 2.00 bits per heavy atom. The molecule has 0 saturated carbocycles. The standard InChI is InChI=1S/C8H15NO.C2H7P/c1-6(2)8(10)7-4-3-5-9-7;1-3-2/h6-7,9H,3-5H2,1-2H3;3H,1-2H3. The maximum atomic E-state index is 11.3. The van der Waals surface area contributed by atoms with Gasteiger partial charge in [0.2, 0.25) is 0 Å². The van der Waals surface area contributed by atoms with Crippen molar-refractivity contribution in [1.29, 1.82) is 0 Å². The zero-order chi connectivity index (χ0) is 10.3. The zero-order valence-corrected chi connectivity index (χ0v) is 10.2. The van der Waals surface area contributed by atoms with Gasteiger partial charge >= 0.3 is 0 Å². The van der Waals surface area contributed by atoms with Crippen molar-refractivity contribution < 1.29 is 4.79 Å². The van der Waals surface area contributed by atoms with Crippen molar-refractivity contribution in [2.24, 2.45) is 5.92 Å². The molecule has 13 heavy (non-hydrogen) atoms. The number of carbonyl (C=O) groups is 1. The molecule has 0 radical (unpaired) electrons. The summed E-state index contributed by atoms with van der Waals surface area (Å²) in [7, 11) is 1.08. The van der Waals surface area contributed by atoms with Gasteiger partial charge in [-0.2, -0.15) is 0 Å². The van der Waals surface area contributed by atoms with Crippen molar-refractivity contribution >= 4 is 14.4 Å². The van der Waals surface area contributed by atoms with Crippen LogP contribution in [0.3, 0.4) is 0 Å². The fourth-order valence-corrected chi connectivity index (χ4v) is 1.33. The van der Waals surface area contributed by atoms with E-state index in [1.54, 1.807) is 0 Å². The van der Waals surface area contributed by atoms with Gasteiger partial charge in [0.15, 0.2) is 5.78 Å². The predicted octanol–water partition coefficient (Wildman–Crippen LogP) is 1.89. The Hall–Kier alpha value is 0.0600. The highest BCUT2D eigenvalue weighted by Gasteiger charge is 2.23. The number of Topliss-reactive ketones (excluding diaryl/α,β-unsaturated/α-hetero) is 1. The monoisotopic (exact) mass is 203 g/mol. The van der Waals surface area contributed by atoms with Crippen LogP contribution in [-0.2, 0) is 4.79 Å². The average Bonchev–Trinajstić information content (AvgIpc) is 2.56. The van der Waals surface area contributed by atoms with Crippen LogP contribution in [0.5, 0.6) is 0 Å². The molecular formula is C10H22NOP. The fourth-order valence-electron chi connectivity index (χ4n) is 1.33. The van der Waals surface area contributed by atoms with Crippen LogP contribution in [0.1, 0.15) is 26.7 Å². The van der Waals surface area contributed by atoms with E-state index in [2.05, 4.69) is 18.6 Å². The molecule has 0 aromatic carbocycles. The second-order valence-electron chi connectivity index (χ2n) is 3.71. The Bertz CT molecular complexity index is 142. The molecule has 78 valence electrons. The molecule has 0 aromatic heterocycles. The topological polar surface area (TPSA) is 29.1 Å². The Balaban J connectivity index is 0.000000424. The summed E-state index contributed by atoms with van der Waals surface area (Å²) < 4.78 is 0. The molecule has 1 fully saturated rings. The molecule has 0 aliphatic carbocycles. The van der Waals surface area contributed by atoms with Crippen LogP contribution < -0.4 is 5.32 Å². The third-order valence-corrected chi connectivity index (χ3v) is 1.97. The molecule has 1 saturated heterocycles. The molecular weight excluding hydrogens is 181 g/mol. The molecule has 1 aliphatic heterocycles. The van der Waals surface area contributed by atoms with Gasteiger partial charge in [0, 0.05) is 5.92 Å². The third kappa shape index (κ3) is 5.38. The van der Waals surface area contributed by atoms with E-state index in [1.807, 2.05) is 13.8 Å². The van der Waals surface area contributed by atoms with Gasteiger partial charge in [0.1, 0.15) is 0 Å². The van der Waals surface area contributed by atoms with Crippen LogP contribution in [0, 0.1) is 5.92 Å². The zero-order valence-electron chi connectivity index (χ0n) is 9.18. The lowest BCUT2D eigenvalue weighted by Crippen LogP contribution is -2.33. The van der Waals surface area contributed by atoms with Gasteiger partial charge in [0.25, 0.3) is 0 Å². The Kier molecular flexibility index (Phi) is 7.50. The minimum Gasteiger partial charge on any atom is -0.307 e. The molecule has 0 aromatic rings. The van der Waals surface area contributed by atoms with Crippen molar-refractivity contribution in [2.45, 2.75) is 32.7 Å². The number of hydrogen-bond donors (Lipinski definition) is 1. The molecule has 0 spiro atoms. The smallest absolute Gasteiger partial charge is 0.152 e. The largest absolute Gasteiger partial charge is 0.307 e. The van der Waals surface area contributed by atoms with Crippen molar-refractivity contribution in [3.63, 3.8) is 0 Å². The summed E-state index contributed by atoms with van der Waals surface area (Å²) in [6, 6.07) is 0.167. The molecule has 0 amide bonds. The van der Waals surface area contributed by atoms with Crippen LogP contribution in [0.4, 0.5) is 0 Å². The van der Waals surface area contributed by atoms with E-state index in [0.717, 1.165) is 28.0 Å². The summed E-state index contributed by atoms with van der Waals surface area (Å²) in [5, 5.41) is 3.19. The van der Waals surface area contributed by atoms with Gasteiger partial charge in [-0.15, -0.1) is 8.58 Å². The fraction of sp³-hybridized carbons (Fsp3) is 0.900. The molecule has 1 unspecified atom stereocenters. The van der Waals surface area contributed by atoms with Crippen LogP contribution in [0.15, 0.2) is 0 Å². The van der Waals surface area contributed by atoms with Crippen molar-refractivity contribution in [3.05, 3.63) is 0 Å². The van der Waals surface area contributed by atoms with Gasteiger partial charge < -0.3 is 5.32 Å². The third-order valence-electron chi connectivity index (χ3n) is 1.97. The Morgan fingerprint density at radius 3 is 2.31 bits per heavy atom. The molecule has 0 bridgehead atoms. The lowest BCUT2D eigenvalue weighted by Gasteiger charge is -2.10. The van der Waals surface area contributed by atoms with E-state index < -0.39 is 0 Å².